The molecule has 6 amide bonds. The predicted molar refractivity (Wildman–Crippen MR) is 196 cm³/mol. The summed E-state index contributed by atoms with van der Waals surface area (Å²) in [6.07, 6.45) is -9.78. The van der Waals surface area contributed by atoms with Crippen molar-refractivity contribution >= 4 is 47.5 Å². The van der Waals surface area contributed by atoms with Crippen molar-refractivity contribution in [2.45, 2.75) is 115 Å². The van der Waals surface area contributed by atoms with E-state index in [1.165, 1.54) is 6.92 Å². The van der Waals surface area contributed by atoms with Gasteiger partial charge in [0.2, 0.25) is 11.5 Å². The molecule has 1 aromatic rings. The highest BCUT2D eigenvalue weighted by molar-refractivity contribution is 6.10. The number of halogens is 6. The van der Waals surface area contributed by atoms with Gasteiger partial charge in [-0.15, -0.1) is 0 Å². The van der Waals surface area contributed by atoms with Gasteiger partial charge in [0.05, 0.1) is 18.8 Å². The number of hydrogen-bond acceptors (Lipinski definition) is 12. The molecule has 1 aliphatic heterocycles. The van der Waals surface area contributed by atoms with E-state index in [4.69, 9.17) is 18.9 Å². The first-order valence-corrected chi connectivity index (χ1v) is 18.3. The van der Waals surface area contributed by atoms with Crippen molar-refractivity contribution in [2.75, 3.05) is 37.7 Å². The van der Waals surface area contributed by atoms with Gasteiger partial charge in [-0.05, 0) is 73.9 Å². The van der Waals surface area contributed by atoms with Crippen LogP contribution in [-0.4, -0.2) is 127 Å². The lowest BCUT2D eigenvalue weighted by Gasteiger charge is -2.29. The molecule has 0 spiro atoms. The molecule has 0 aromatic heterocycles. The second-order valence-electron chi connectivity index (χ2n) is 15.5. The summed E-state index contributed by atoms with van der Waals surface area (Å²) in [6.45, 7) is 7.65. The Morgan fingerprint density at radius 3 is 2.05 bits per heavy atom. The van der Waals surface area contributed by atoms with Crippen LogP contribution in [0.2, 0.25) is 0 Å². The molecule has 1 aliphatic rings. The second kappa shape index (κ2) is 20.1. The maximum absolute atomic E-state index is 14.4. The molecular weight excluding hydrogens is 822 g/mol. The third-order valence-electron chi connectivity index (χ3n) is 7.89. The summed E-state index contributed by atoms with van der Waals surface area (Å²) in [6, 6.07) is -0.0747. The topological polar surface area (TPSA) is 240 Å². The third-order valence-corrected chi connectivity index (χ3v) is 7.89. The number of carbonyl (C=O) groups excluding carboxylic acids is 7. The Bertz CT molecular complexity index is 1750. The highest BCUT2D eigenvalue weighted by atomic mass is 19.4. The average molecular weight is 873 g/mol. The molecule has 0 fully saturated rings. The molecule has 0 aliphatic carbocycles. The molecule has 0 saturated heterocycles. The van der Waals surface area contributed by atoms with E-state index >= 15 is 0 Å². The fourth-order valence-electron chi connectivity index (χ4n) is 4.94. The molecule has 0 unspecified atom stereocenters. The zero-order valence-electron chi connectivity index (χ0n) is 34.1. The van der Waals surface area contributed by atoms with E-state index in [0.29, 0.717) is 6.92 Å². The van der Waals surface area contributed by atoms with E-state index in [-0.39, 0.29) is 37.4 Å². The zero-order chi connectivity index (χ0) is 46.0. The Balaban J connectivity index is 2.06. The fourth-order valence-corrected chi connectivity index (χ4v) is 4.94. The molecule has 24 heteroatoms. The molecule has 338 valence electrons. The van der Waals surface area contributed by atoms with Crippen LogP contribution in [0.25, 0.3) is 0 Å². The number of anilines is 1. The van der Waals surface area contributed by atoms with Crippen LogP contribution in [0.1, 0.15) is 68.2 Å². The number of rotatable bonds is 16. The molecule has 6 N–H and O–H groups in total. The van der Waals surface area contributed by atoms with Crippen molar-refractivity contribution in [1.29, 1.82) is 0 Å². The first-order valence-electron chi connectivity index (χ1n) is 18.3. The summed E-state index contributed by atoms with van der Waals surface area (Å²) in [5, 5.41) is 20.9. The van der Waals surface area contributed by atoms with E-state index < -0.39 is 114 Å². The van der Waals surface area contributed by atoms with Crippen molar-refractivity contribution in [3.05, 3.63) is 24.0 Å². The van der Waals surface area contributed by atoms with Gasteiger partial charge in [-0.1, -0.05) is 0 Å². The Labute approximate surface area is 340 Å². The third kappa shape index (κ3) is 15.6. The monoisotopic (exact) mass is 872 g/mol. The number of fused-ring (bicyclic) bond motifs is 1. The quantitative estimate of drug-likeness (QED) is 0.0462. The maximum Gasteiger partial charge on any atom is 0.455 e. The van der Waals surface area contributed by atoms with Crippen LogP contribution in [0, 0.1) is 5.82 Å². The van der Waals surface area contributed by atoms with Crippen molar-refractivity contribution in [3.63, 3.8) is 0 Å². The predicted octanol–water partition coefficient (Wildman–Crippen LogP) is 2.35. The Morgan fingerprint density at radius 2 is 1.47 bits per heavy atom. The highest BCUT2D eigenvalue weighted by Gasteiger charge is 2.58. The molecule has 0 radical (unpaired) electrons. The van der Waals surface area contributed by atoms with E-state index in [1.54, 1.807) is 41.5 Å². The van der Waals surface area contributed by atoms with Gasteiger partial charge in [0.15, 0.2) is 0 Å². The van der Waals surface area contributed by atoms with Gasteiger partial charge in [-0.25, -0.2) is 14.0 Å². The molecule has 18 nitrogen and oxygen atoms in total. The second-order valence-corrected chi connectivity index (χ2v) is 15.5. The SMILES string of the molecule is C[C@H]1Oc2ccc(F)cc2N(CCOC(=O)NCCNC(=O)[C@H](CCC(=O)OC(C)(C)C)NC(=O)OC(C)(C)C)C(=O)[C@H]1NC(=O)[C@@](C)(O)C(=O)NCC(F)(F)C(F)(F)F. The largest absolute Gasteiger partial charge is 0.486 e. The lowest BCUT2D eigenvalue weighted by atomic mass is 10.0. The summed E-state index contributed by atoms with van der Waals surface area (Å²) >= 11 is 0. The number of hydrogen-bond donors (Lipinski definition) is 6. The number of alkyl halides is 5. The molecule has 1 aromatic carbocycles. The number of nitrogens with one attached hydrogen (secondary N) is 5. The van der Waals surface area contributed by atoms with Gasteiger partial charge in [0, 0.05) is 25.6 Å². The Hall–Kier alpha value is -5.55. The first-order chi connectivity index (χ1) is 27.3. The summed E-state index contributed by atoms with van der Waals surface area (Å²) in [5.41, 5.74) is -5.20. The summed E-state index contributed by atoms with van der Waals surface area (Å²) < 4.78 is 99.9. The molecule has 2 rings (SSSR count). The smallest absolute Gasteiger partial charge is 0.455 e. The van der Waals surface area contributed by atoms with Crippen LogP contribution >= 0.6 is 0 Å². The van der Waals surface area contributed by atoms with E-state index in [2.05, 4.69) is 16.0 Å². The molecule has 60 heavy (non-hydrogen) atoms. The lowest BCUT2D eigenvalue weighted by Crippen LogP contribution is -2.63. The average Bonchev–Trinajstić information content (AvgIpc) is 3.18. The number of alkyl carbamates (subject to hydrolysis) is 2. The first kappa shape index (κ1) is 50.6. The number of carbonyl (C=O) groups is 7. The minimum atomic E-state index is -6.06. The number of benzene rings is 1. The number of aliphatic hydroxyl groups is 1. The van der Waals surface area contributed by atoms with Crippen LogP contribution in [-0.2, 0) is 38.2 Å². The normalized spacial score (nSPS) is 17.3. The van der Waals surface area contributed by atoms with Crippen LogP contribution in [0.4, 0.5) is 41.6 Å². The van der Waals surface area contributed by atoms with Crippen LogP contribution in [0.5, 0.6) is 5.75 Å². The van der Waals surface area contributed by atoms with Gasteiger partial charge in [-0.2, -0.15) is 22.0 Å². The van der Waals surface area contributed by atoms with Crippen LogP contribution in [0.3, 0.4) is 0 Å². The Morgan fingerprint density at radius 1 is 0.867 bits per heavy atom. The van der Waals surface area contributed by atoms with Gasteiger partial charge in [0.1, 0.15) is 47.6 Å². The van der Waals surface area contributed by atoms with Crippen molar-refractivity contribution in [3.8, 4) is 5.75 Å². The van der Waals surface area contributed by atoms with E-state index in [1.807, 2.05) is 5.32 Å². The van der Waals surface area contributed by atoms with Crippen molar-refractivity contribution < 1.29 is 84.0 Å². The highest BCUT2D eigenvalue weighted by Crippen LogP contribution is 2.35. The molecular formula is C36H50F6N6O12. The van der Waals surface area contributed by atoms with Crippen molar-refractivity contribution in [1.82, 2.24) is 26.6 Å². The summed E-state index contributed by atoms with van der Waals surface area (Å²) in [5.74, 6) is -12.5. The number of nitrogens with zero attached hydrogens (tertiary/aromatic N) is 1. The Kier molecular flexibility index (Phi) is 17.0. The molecule has 0 saturated carbocycles. The van der Waals surface area contributed by atoms with Crippen LogP contribution in [0.15, 0.2) is 18.2 Å². The maximum atomic E-state index is 14.4. The summed E-state index contributed by atoms with van der Waals surface area (Å²) in [7, 11) is 0. The summed E-state index contributed by atoms with van der Waals surface area (Å²) in [4.78, 5) is 90.0. The standard InChI is InChI=1S/C36H50F6N6O12/c1-19-25(47-29(53)34(8,56)28(52)45-18-35(38,39)36(40,41)42)27(51)48(22-17-20(37)9-11-23(22)58-19)15-16-57-30(54)44-14-13-43-26(50)21(46-31(55)60-33(5,6)7)10-12-24(49)59-32(2,3)4/h9,11,17,19,21,25,56H,10,12-16,18H2,1-8H3,(H,43,50)(H,44,54)(H,45,52)(H,46,55)(H,47,53)/t19-,21+,25+,34+/m1/s1. The van der Waals surface area contributed by atoms with Gasteiger partial charge in [-0.3, -0.25) is 24.0 Å². The van der Waals surface area contributed by atoms with Crippen LogP contribution < -0.4 is 36.2 Å². The minimum Gasteiger partial charge on any atom is -0.486 e. The minimum absolute atomic E-state index is 0.112. The van der Waals surface area contributed by atoms with E-state index in [9.17, 15) is 65.0 Å². The van der Waals surface area contributed by atoms with Gasteiger partial charge in [0.25, 0.3) is 17.7 Å². The molecule has 0 bridgehead atoms. The fraction of sp³-hybridized carbons (Fsp3) is 0.639. The van der Waals surface area contributed by atoms with Gasteiger partial charge >= 0.3 is 30.3 Å². The van der Waals surface area contributed by atoms with Crippen molar-refractivity contribution in [2.24, 2.45) is 0 Å². The van der Waals surface area contributed by atoms with E-state index in [0.717, 1.165) is 28.4 Å². The molecule has 1 heterocycles. The lowest BCUT2D eigenvalue weighted by molar-refractivity contribution is -0.278. The number of esters is 1. The number of amides is 6. The molecule has 4 atom stereocenters. The number of ether oxygens (including phenoxy) is 4. The zero-order valence-corrected chi connectivity index (χ0v) is 34.1. The van der Waals surface area contributed by atoms with Gasteiger partial charge < -0.3 is 55.5 Å².